The molecule has 1 atom stereocenters. The molecule has 0 bridgehead atoms. The molecule has 0 aromatic heterocycles. The first kappa shape index (κ1) is 16.9. The molecule has 0 radical (unpaired) electrons. The number of benzene rings is 2. The molecule has 0 aliphatic carbocycles. The largest absolute Gasteiger partial charge is 0.310 e. The molecule has 0 aliphatic heterocycles. The van der Waals surface area contributed by atoms with Crippen LogP contribution in [0.3, 0.4) is 0 Å². The number of likely N-dealkylation sites (N-methyl/N-ethyl adjacent to an activating group) is 1. The van der Waals surface area contributed by atoms with Crippen LogP contribution in [-0.2, 0) is 6.42 Å². The zero-order valence-electron chi connectivity index (χ0n) is 11.5. The molecule has 0 heterocycles. The minimum Gasteiger partial charge on any atom is -0.310 e. The molecule has 0 saturated heterocycles. The average molecular weight is 436 g/mol. The van der Waals surface area contributed by atoms with Gasteiger partial charge in [0.1, 0.15) is 5.82 Å². The highest BCUT2D eigenvalue weighted by Crippen LogP contribution is 2.30. The van der Waals surface area contributed by atoms with Gasteiger partial charge in [-0.1, -0.05) is 62.5 Å². The SMILES string of the molecule is CCNC(Cc1ccc(F)cc1Br)c1ccc(Cl)cc1Br. The molecule has 5 heteroatoms. The van der Waals surface area contributed by atoms with E-state index in [9.17, 15) is 4.39 Å². The molecule has 1 N–H and O–H groups in total. The fraction of sp³-hybridized carbons (Fsp3) is 0.250. The van der Waals surface area contributed by atoms with Crippen molar-refractivity contribution < 1.29 is 4.39 Å². The zero-order valence-corrected chi connectivity index (χ0v) is 15.4. The Labute approximate surface area is 146 Å². The summed E-state index contributed by atoms with van der Waals surface area (Å²) in [5.74, 6) is -0.238. The normalized spacial score (nSPS) is 12.4. The first-order valence-electron chi connectivity index (χ1n) is 6.63. The van der Waals surface area contributed by atoms with E-state index in [1.807, 2.05) is 24.3 Å². The van der Waals surface area contributed by atoms with Gasteiger partial charge in [0.15, 0.2) is 0 Å². The molecule has 1 nitrogen and oxygen atoms in total. The minimum atomic E-state index is -0.238. The van der Waals surface area contributed by atoms with Crippen LogP contribution >= 0.6 is 43.5 Å². The Kier molecular flexibility index (Phi) is 6.23. The van der Waals surface area contributed by atoms with Crippen LogP contribution in [0.1, 0.15) is 24.1 Å². The fourth-order valence-corrected chi connectivity index (χ4v) is 3.70. The van der Waals surface area contributed by atoms with Crippen molar-refractivity contribution in [3.63, 3.8) is 0 Å². The highest BCUT2D eigenvalue weighted by Gasteiger charge is 2.16. The molecule has 0 spiro atoms. The maximum absolute atomic E-state index is 13.2. The van der Waals surface area contributed by atoms with Crippen molar-refractivity contribution in [3.8, 4) is 0 Å². The fourth-order valence-electron chi connectivity index (χ4n) is 2.23. The van der Waals surface area contributed by atoms with Crippen LogP contribution in [0.5, 0.6) is 0 Å². The van der Waals surface area contributed by atoms with Crippen molar-refractivity contribution in [2.75, 3.05) is 6.54 Å². The second-order valence-corrected chi connectivity index (χ2v) is 6.86. The summed E-state index contributed by atoms with van der Waals surface area (Å²) in [5.41, 5.74) is 2.20. The lowest BCUT2D eigenvalue weighted by molar-refractivity contribution is 0.546. The van der Waals surface area contributed by atoms with Crippen molar-refractivity contribution in [1.29, 1.82) is 0 Å². The third kappa shape index (κ3) is 4.52. The van der Waals surface area contributed by atoms with Crippen molar-refractivity contribution >= 4 is 43.5 Å². The predicted molar refractivity (Wildman–Crippen MR) is 93.4 cm³/mol. The lowest BCUT2D eigenvalue weighted by atomic mass is 9.99. The molecule has 0 saturated carbocycles. The molecule has 2 aromatic carbocycles. The molecular formula is C16H15Br2ClFN. The van der Waals surface area contributed by atoms with Gasteiger partial charge in [-0.3, -0.25) is 0 Å². The number of rotatable bonds is 5. The van der Waals surface area contributed by atoms with E-state index in [1.54, 1.807) is 0 Å². The topological polar surface area (TPSA) is 12.0 Å². The molecule has 2 aromatic rings. The third-order valence-electron chi connectivity index (χ3n) is 3.23. The zero-order chi connectivity index (χ0) is 15.4. The van der Waals surface area contributed by atoms with Gasteiger partial charge in [0.05, 0.1) is 0 Å². The van der Waals surface area contributed by atoms with E-state index in [-0.39, 0.29) is 11.9 Å². The van der Waals surface area contributed by atoms with Gasteiger partial charge in [0.2, 0.25) is 0 Å². The van der Waals surface area contributed by atoms with Gasteiger partial charge in [-0.05, 0) is 48.4 Å². The first-order chi connectivity index (χ1) is 10.0. The van der Waals surface area contributed by atoms with Crippen molar-refractivity contribution in [2.45, 2.75) is 19.4 Å². The van der Waals surface area contributed by atoms with Gasteiger partial charge in [-0.2, -0.15) is 0 Å². The van der Waals surface area contributed by atoms with Gasteiger partial charge in [0.25, 0.3) is 0 Å². The van der Waals surface area contributed by atoms with Crippen molar-refractivity contribution in [1.82, 2.24) is 5.32 Å². The summed E-state index contributed by atoms with van der Waals surface area (Å²) < 4.78 is 15.0. The minimum absolute atomic E-state index is 0.128. The quantitative estimate of drug-likeness (QED) is 0.617. The van der Waals surface area contributed by atoms with E-state index in [0.29, 0.717) is 5.02 Å². The predicted octanol–water partition coefficient (Wildman–Crippen LogP) is 5.90. The smallest absolute Gasteiger partial charge is 0.124 e. The van der Waals surface area contributed by atoms with Crippen LogP contribution < -0.4 is 5.32 Å². The molecule has 0 aliphatic rings. The van der Waals surface area contributed by atoms with Gasteiger partial charge in [0, 0.05) is 20.0 Å². The second kappa shape index (κ2) is 7.73. The summed E-state index contributed by atoms with van der Waals surface area (Å²) in [6.45, 7) is 2.91. The van der Waals surface area contributed by atoms with E-state index in [0.717, 1.165) is 33.0 Å². The monoisotopic (exact) mass is 433 g/mol. The summed E-state index contributed by atoms with van der Waals surface area (Å²) in [5, 5.41) is 4.16. The Hall–Kier alpha value is -0.420. The first-order valence-corrected chi connectivity index (χ1v) is 8.60. The standard InChI is InChI=1S/C16H15Br2ClFN/c1-2-21-16(13-6-4-11(19)8-15(13)18)7-10-3-5-12(20)9-14(10)17/h3-6,8-9,16,21H,2,7H2,1H3. The lowest BCUT2D eigenvalue weighted by Crippen LogP contribution is -2.23. The van der Waals surface area contributed by atoms with Crippen LogP contribution in [0.2, 0.25) is 5.02 Å². The summed E-state index contributed by atoms with van der Waals surface area (Å²) in [6, 6.07) is 10.7. The maximum atomic E-state index is 13.2. The van der Waals surface area contributed by atoms with Crippen molar-refractivity contribution in [3.05, 3.63) is 67.3 Å². The molecule has 0 amide bonds. The maximum Gasteiger partial charge on any atom is 0.124 e. The van der Waals surface area contributed by atoms with E-state index < -0.39 is 0 Å². The van der Waals surface area contributed by atoms with E-state index in [4.69, 9.17) is 11.6 Å². The Morgan fingerprint density at radius 2 is 1.90 bits per heavy atom. The van der Waals surface area contributed by atoms with Gasteiger partial charge >= 0.3 is 0 Å². The summed E-state index contributed by atoms with van der Waals surface area (Å²) in [4.78, 5) is 0. The third-order valence-corrected chi connectivity index (χ3v) is 4.89. The Morgan fingerprint density at radius 1 is 1.14 bits per heavy atom. The Bertz CT molecular complexity index is 634. The summed E-state index contributed by atoms with van der Waals surface area (Å²) in [7, 11) is 0. The van der Waals surface area contributed by atoms with Gasteiger partial charge in [-0.25, -0.2) is 4.39 Å². The molecule has 0 fully saturated rings. The van der Waals surface area contributed by atoms with Crippen LogP contribution in [0.25, 0.3) is 0 Å². The van der Waals surface area contributed by atoms with E-state index in [2.05, 4.69) is 44.1 Å². The molecular weight excluding hydrogens is 420 g/mol. The molecule has 2 rings (SSSR count). The number of nitrogens with one attached hydrogen (secondary N) is 1. The molecule has 21 heavy (non-hydrogen) atoms. The lowest BCUT2D eigenvalue weighted by Gasteiger charge is -2.21. The second-order valence-electron chi connectivity index (χ2n) is 4.72. The van der Waals surface area contributed by atoms with Crippen LogP contribution in [-0.4, -0.2) is 6.54 Å². The summed E-state index contributed by atoms with van der Waals surface area (Å²) in [6.07, 6.45) is 0.759. The Balaban J connectivity index is 2.30. The van der Waals surface area contributed by atoms with Crippen LogP contribution in [0, 0.1) is 5.82 Å². The molecule has 1 unspecified atom stereocenters. The van der Waals surface area contributed by atoms with Crippen molar-refractivity contribution in [2.24, 2.45) is 0 Å². The Morgan fingerprint density at radius 3 is 2.52 bits per heavy atom. The number of halogens is 4. The van der Waals surface area contributed by atoms with Crippen LogP contribution in [0.4, 0.5) is 4.39 Å². The van der Waals surface area contributed by atoms with E-state index >= 15 is 0 Å². The number of hydrogen-bond acceptors (Lipinski definition) is 1. The highest BCUT2D eigenvalue weighted by atomic mass is 79.9. The number of hydrogen-bond donors (Lipinski definition) is 1. The van der Waals surface area contributed by atoms with Crippen LogP contribution in [0.15, 0.2) is 45.3 Å². The van der Waals surface area contributed by atoms with Gasteiger partial charge < -0.3 is 5.32 Å². The summed E-state index contributed by atoms with van der Waals surface area (Å²) >= 11 is 13.0. The van der Waals surface area contributed by atoms with Gasteiger partial charge in [-0.15, -0.1) is 0 Å². The van der Waals surface area contributed by atoms with E-state index in [1.165, 1.54) is 12.1 Å². The highest BCUT2D eigenvalue weighted by molar-refractivity contribution is 9.10. The molecule has 112 valence electrons. The average Bonchev–Trinajstić information content (AvgIpc) is 2.41.